The number of rotatable bonds is 12. The van der Waals surface area contributed by atoms with Gasteiger partial charge in [0.25, 0.3) is 0 Å². The smallest absolute Gasteiger partial charge is 0.303 e. The number of carboxylic acids is 1. The van der Waals surface area contributed by atoms with Crippen molar-refractivity contribution in [3.63, 3.8) is 0 Å². The van der Waals surface area contributed by atoms with Crippen molar-refractivity contribution in [2.24, 2.45) is 0 Å². The van der Waals surface area contributed by atoms with Crippen LogP contribution in [0.4, 0.5) is 0 Å². The maximum atomic E-state index is 11.8. The lowest BCUT2D eigenvalue weighted by Crippen LogP contribution is -2.51. The van der Waals surface area contributed by atoms with Crippen LogP contribution < -0.4 is 26.8 Å². The summed E-state index contributed by atoms with van der Waals surface area (Å²) in [4.78, 5) is 66.4. The van der Waals surface area contributed by atoms with E-state index >= 15 is 0 Å². The molecule has 0 aromatic carbocycles. The fraction of sp³-hybridized carbons (Fsp3) is 0.538. The minimum atomic E-state index is -1.15. The Hall–Kier alpha value is -3.02. The molecule has 1 atom stereocenters. The second-order valence-electron chi connectivity index (χ2n) is 4.78. The topological polar surface area (TPSA) is 183 Å². The minimum Gasteiger partial charge on any atom is -0.481 e. The van der Waals surface area contributed by atoms with Gasteiger partial charge in [-0.3, -0.25) is 29.4 Å². The predicted molar refractivity (Wildman–Crippen MR) is 82.7 cm³/mol. The van der Waals surface area contributed by atoms with Gasteiger partial charge in [0.1, 0.15) is 12.3 Å². The van der Waals surface area contributed by atoms with Gasteiger partial charge in [0.05, 0.1) is 19.6 Å². The number of hydrazine groups is 1. The first-order chi connectivity index (χ1) is 11.8. The summed E-state index contributed by atoms with van der Waals surface area (Å²) in [6.07, 6.45) is -0.105. The average Bonchev–Trinajstić information content (AvgIpc) is 2.53. The Kier molecular flexibility index (Phi) is 10.9. The lowest BCUT2D eigenvalue weighted by atomic mass is 10.1. The standard InChI is InChI=1S/C13H21N5O7/c1-8(20)18-16-7-10(21)15-6-11(22)17-9(2-3-12(23)24)13(25)14-4-5-19/h5,9,16H,2-4,6-7H2,1H3,(H,14,25)(H,15,21)(H,17,22)(H,18,20)(H,23,24)/t9-/m0/s1. The maximum absolute atomic E-state index is 11.8. The Morgan fingerprint density at radius 1 is 1.04 bits per heavy atom. The lowest BCUT2D eigenvalue weighted by molar-refractivity contribution is -0.138. The highest BCUT2D eigenvalue weighted by Crippen LogP contribution is 1.98. The molecular formula is C13H21N5O7. The molecular weight excluding hydrogens is 338 g/mol. The second kappa shape index (κ2) is 12.4. The fourth-order valence-electron chi connectivity index (χ4n) is 1.54. The van der Waals surface area contributed by atoms with E-state index in [0.29, 0.717) is 6.29 Å². The van der Waals surface area contributed by atoms with E-state index in [0.717, 1.165) is 0 Å². The molecule has 6 N–H and O–H groups in total. The molecule has 0 radical (unpaired) electrons. The number of hydrogen-bond acceptors (Lipinski definition) is 7. The molecule has 0 saturated heterocycles. The summed E-state index contributed by atoms with van der Waals surface area (Å²) in [6.45, 7) is 0.245. The highest BCUT2D eigenvalue weighted by Gasteiger charge is 2.21. The molecule has 0 aromatic rings. The van der Waals surface area contributed by atoms with Crippen molar-refractivity contribution in [3.05, 3.63) is 0 Å². The zero-order valence-electron chi connectivity index (χ0n) is 13.6. The van der Waals surface area contributed by atoms with Gasteiger partial charge in [0.15, 0.2) is 0 Å². The minimum absolute atomic E-state index is 0.177. The molecule has 0 aromatic heterocycles. The molecule has 140 valence electrons. The highest BCUT2D eigenvalue weighted by molar-refractivity contribution is 5.91. The summed E-state index contributed by atoms with van der Waals surface area (Å²) >= 11 is 0. The molecule has 0 aliphatic heterocycles. The Bertz CT molecular complexity index is 523. The first-order valence-corrected chi connectivity index (χ1v) is 7.25. The fourth-order valence-corrected chi connectivity index (χ4v) is 1.54. The molecule has 12 heteroatoms. The summed E-state index contributed by atoms with van der Waals surface area (Å²) in [5, 5.41) is 15.4. The Labute approximate surface area is 143 Å². The number of hydrogen-bond donors (Lipinski definition) is 6. The van der Waals surface area contributed by atoms with Crippen LogP contribution in [0.3, 0.4) is 0 Å². The van der Waals surface area contributed by atoms with Gasteiger partial charge >= 0.3 is 5.97 Å². The van der Waals surface area contributed by atoms with Crippen molar-refractivity contribution in [3.8, 4) is 0 Å². The Balaban J connectivity index is 4.36. The third-order valence-electron chi connectivity index (χ3n) is 2.62. The van der Waals surface area contributed by atoms with Crippen molar-refractivity contribution in [1.82, 2.24) is 26.8 Å². The number of carboxylic acid groups (broad SMARTS) is 1. The van der Waals surface area contributed by atoms with Crippen molar-refractivity contribution in [2.75, 3.05) is 19.6 Å². The van der Waals surface area contributed by atoms with Crippen LogP contribution in [-0.2, 0) is 28.8 Å². The SMILES string of the molecule is CC(=O)NNCC(=O)NCC(=O)N[C@@H](CCC(=O)O)C(=O)NCC=O. The Morgan fingerprint density at radius 3 is 2.28 bits per heavy atom. The lowest BCUT2D eigenvalue weighted by Gasteiger charge is -2.17. The van der Waals surface area contributed by atoms with E-state index in [1.165, 1.54) is 6.92 Å². The van der Waals surface area contributed by atoms with Crippen LogP contribution >= 0.6 is 0 Å². The molecule has 12 nitrogen and oxygen atoms in total. The van der Waals surface area contributed by atoms with Crippen molar-refractivity contribution < 1.29 is 33.9 Å². The molecule has 0 fully saturated rings. The van der Waals surface area contributed by atoms with Crippen LogP contribution in [0.2, 0.25) is 0 Å². The molecule has 25 heavy (non-hydrogen) atoms. The summed E-state index contributed by atoms with van der Waals surface area (Å²) in [7, 11) is 0. The van der Waals surface area contributed by atoms with Crippen molar-refractivity contribution >= 4 is 35.9 Å². The second-order valence-corrected chi connectivity index (χ2v) is 4.78. The van der Waals surface area contributed by atoms with Gasteiger partial charge in [-0.05, 0) is 6.42 Å². The summed E-state index contributed by atoms with van der Waals surface area (Å²) in [6, 6.07) is -1.15. The molecule has 0 rings (SSSR count). The predicted octanol–water partition coefficient (Wildman–Crippen LogP) is -3.59. The van der Waals surface area contributed by atoms with E-state index in [1.807, 2.05) is 0 Å². The van der Waals surface area contributed by atoms with Gasteiger partial charge in [-0.15, -0.1) is 0 Å². The molecule has 0 saturated carbocycles. The van der Waals surface area contributed by atoms with E-state index < -0.39 is 42.2 Å². The van der Waals surface area contributed by atoms with Gasteiger partial charge in [-0.2, -0.15) is 0 Å². The maximum Gasteiger partial charge on any atom is 0.303 e. The van der Waals surface area contributed by atoms with Gasteiger partial charge in [0.2, 0.25) is 23.6 Å². The zero-order chi connectivity index (χ0) is 19.2. The first-order valence-electron chi connectivity index (χ1n) is 7.25. The van der Waals surface area contributed by atoms with Crippen LogP contribution in [0.15, 0.2) is 0 Å². The third-order valence-corrected chi connectivity index (χ3v) is 2.62. The monoisotopic (exact) mass is 359 g/mol. The number of amides is 4. The summed E-state index contributed by atoms with van der Waals surface area (Å²) in [5.74, 6) is -3.56. The van der Waals surface area contributed by atoms with Crippen LogP contribution in [0.1, 0.15) is 19.8 Å². The van der Waals surface area contributed by atoms with Gasteiger partial charge in [0, 0.05) is 13.3 Å². The van der Waals surface area contributed by atoms with Gasteiger partial charge < -0.3 is 25.9 Å². The molecule has 0 heterocycles. The molecule has 0 aliphatic carbocycles. The van der Waals surface area contributed by atoms with Crippen molar-refractivity contribution in [2.45, 2.75) is 25.8 Å². The summed E-state index contributed by atoms with van der Waals surface area (Å²) in [5.41, 5.74) is 4.49. The van der Waals surface area contributed by atoms with E-state index in [4.69, 9.17) is 5.11 Å². The highest BCUT2D eigenvalue weighted by atomic mass is 16.4. The molecule has 0 unspecified atom stereocenters. The Morgan fingerprint density at radius 2 is 1.72 bits per heavy atom. The van der Waals surface area contributed by atoms with Crippen LogP contribution in [0.25, 0.3) is 0 Å². The largest absolute Gasteiger partial charge is 0.481 e. The molecule has 4 amide bonds. The van der Waals surface area contributed by atoms with Crippen LogP contribution in [0, 0.1) is 0 Å². The summed E-state index contributed by atoms with van der Waals surface area (Å²) < 4.78 is 0. The van der Waals surface area contributed by atoms with E-state index in [-0.39, 0.29) is 25.9 Å². The molecule has 0 aliphatic rings. The number of carbonyl (C=O) groups excluding carboxylic acids is 5. The van der Waals surface area contributed by atoms with E-state index in [1.54, 1.807) is 0 Å². The van der Waals surface area contributed by atoms with Crippen LogP contribution in [0.5, 0.6) is 0 Å². The van der Waals surface area contributed by atoms with E-state index in [9.17, 15) is 28.8 Å². The van der Waals surface area contributed by atoms with Crippen LogP contribution in [-0.4, -0.2) is 66.7 Å². The van der Waals surface area contributed by atoms with Crippen molar-refractivity contribution in [1.29, 1.82) is 0 Å². The third kappa shape index (κ3) is 12.1. The first kappa shape index (κ1) is 22.0. The zero-order valence-corrected chi connectivity index (χ0v) is 13.6. The number of aliphatic carboxylic acids is 1. The van der Waals surface area contributed by atoms with Gasteiger partial charge in [-0.25, -0.2) is 5.43 Å². The number of carbonyl (C=O) groups is 6. The number of aldehydes is 1. The molecule has 0 bridgehead atoms. The normalized spacial score (nSPS) is 10.9. The quantitative estimate of drug-likeness (QED) is 0.153. The number of nitrogens with one attached hydrogen (secondary N) is 5. The molecule has 0 spiro atoms. The average molecular weight is 359 g/mol. The van der Waals surface area contributed by atoms with Gasteiger partial charge in [-0.1, -0.05) is 0 Å². The van der Waals surface area contributed by atoms with E-state index in [2.05, 4.69) is 26.8 Å².